The molecular formula is C14H20N2O2S. The van der Waals surface area contributed by atoms with Crippen LogP contribution in [-0.2, 0) is 4.79 Å². The van der Waals surface area contributed by atoms with Gasteiger partial charge in [-0.2, -0.15) is 0 Å². The summed E-state index contributed by atoms with van der Waals surface area (Å²) in [5, 5.41) is 7.50. The van der Waals surface area contributed by atoms with Gasteiger partial charge in [0, 0.05) is 19.5 Å². The lowest BCUT2D eigenvalue weighted by Gasteiger charge is -2.04. The van der Waals surface area contributed by atoms with Crippen molar-refractivity contribution in [1.29, 1.82) is 0 Å². The van der Waals surface area contributed by atoms with E-state index in [1.165, 1.54) is 11.3 Å². The Balaban J connectivity index is 2.04. The summed E-state index contributed by atoms with van der Waals surface area (Å²) in [5.74, 6) is -0.0293. The molecule has 1 aromatic heterocycles. The average Bonchev–Trinajstić information content (AvgIpc) is 2.93. The van der Waals surface area contributed by atoms with E-state index in [1.807, 2.05) is 30.5 Å². The quantitative estimate of drug-likeness (QED) is 0.567. The molecule has 19 heavy (non-hydrogen) atoms. The maximum absolute atomic E-state index is 11.6. The van der Waals surface area contributed by atoms with Crippen molar-refractivity contribution in [3.05, 3.63) is 34.5 Å². The van der Waals surface area contributed by atoms with Crippen molar-refractivity contribution >= 4 is 23.2 Å². The number of allylic oxidation sites excluding steroid dienone is 1. The summed E-state index contributed by atoms with van der Waals surface area (Å²) in [6, 6.07) is 3.63. The molecule has 0 spiro atoms. The molecule has 0 atom stereocenters. The van der Waals surface area contributed by atoms with Crippen LogP contribution >= 0.6 is 11.3 Å². The number of hydrogen-bond donors (Lipinski definition) is 2. The summed E-state index contributed by atoms with van der Waals surface area (Å²) in [7, 11) is 0. The molecule has 2 amide bonds. The van der Waals surface area contributed by atoms with E-state index >= 15 is 0 Å². The van der Waals surface area contributed by atoms with Crippen LogP contribution in [0.3, 0.4) is 0 Å². The van der Waals surface area contributed by atoms with E-state index in [4.69, 9.17) is 0 Å². The highest BCUT2D eigenvalue weighted by Crippen LogP contribution is 2.07. The van der Waals surface area contributed by atoms with Gasteiger partial charge < -0.3 is 10.6 Å². The first-order valence-electron chi connectivity index (χ1n) is 6.43. The van der Waals surface area contributed by atoms with Crippen molar-refractivity contribution in [3.8, 4) is 0 Å². The van der Waals surface area contributed by atoms with Gasteiger partial charge in [-0.05, 0) is 31.2 Å². The molecule has 2 N–H and O–H groups in total. The Labute approximate surface area is 117 Å². The fourth-order valence-corrected chi connectivity index (χ4v) is 2.14. The van der Waals surface area contributed by atoms with Crippen molar-refractivity contribution in [2.75, 3.05) is 13.1 Å². The third kappa shape index (κ3) is 6.76. The zero-order chi connectivity index (χ0) is 13.9. The Kier molecular flexibility index (Phi) is 7.58. The molecule has 0 fully saturated rings. The van der Waals surface area contributed by atoms with Crippen molar-refractivity contribution < 1.29 is 9.59 Å². The topological polar surface area (TPSA) is 58.2 Å². The Hall–Kier alpha value is -1.62. The first kappa shape index (κ1) is 15.4. The third-order valence-corrected chi connectivity index (χ3v) is 3.35. The van der Waals surface area contributed by atoms with E-state index in [-0.39, 0.29) is 11.8 Å². The SMILES string of the molecule is C/C=C/CCNC(=O)CCCNC(=O)c1cccs1. The van der Waals surface area contributed by atoms with Crippen molar-refractivity contribution in [1.82, 2.24) is 10.6 Å². The molecule has 0 saturated carbocycles. The molecular weight excluding hydrogens is 260 g/mol. The normalized spacial score (nSPS) is 10.6. The predicted molar refractivity (Wildman–Crippen MR) is 78.3 cm³/mol. The van der Waals surface area contributed by atoms with E-state index in [1.54, 1.807) is 6.07 Å². The standard InChI is InChI=1S/C14H20N2O2S/c1-2-3-4-9-15-13(17)8-5-10-16-14(18)12-7-6-11-19-12/h2-3,6-7,11H,4-5,8-10H2,1H3,(H,15,17)(H,16,18)/b3-2+. The number of amides is 2. The van der Waals surface area contributed by atoms with Crippen LogP contribution in [0.4, 0.5) is 0 Å². The molecule has 5 heteroatoms. The monoisotopic (exact) mass is 280 g/mol. The maximum Gasteiger partial charge on any atom is 0.261 e. The highest BCUT2D eigenvalue weighted by atomic mass is 32.1. The fourth-order valence-electron chi connectivity index (χ4n) is 1.50. The number of hydrogen-bond acceptors (Lipinski definition) is 3. The Morgan fingerprint density at radius 3 is 2.84 bits per heavy atom. The second kappa shape index (κ2) is 9.33. The van der Waals surface area contributed by atoms with E-state index in [9.17, 15) is 9.59 Å². The second-order valence-corrected chi connectivity index (χ2v) is 4.99. The van der Waals surface area contributed by atoms with Gasteiger partial charge in [0.2, 0.25) is 5.91 Å². The molecule has 1 aromatic rings. The van der Waals surface area contributed by atoms with Gasteiger partial charge in [0.1, 0.15) is 0 Å². The van der Waals surface area contributed by atoms with Crippen molar-refractivity contribution in [3.63, 3.8) is 0 Å². The largest absolute Gasteiger partial charge is 0.356 e. The van der Waals surface area contributed by atoms with E-state index in [2.05, 4.69) is 10.6 Å². The molecule has 0 bridgehead atoms. The smallest absolute Gasteiger partial charge is 0.261 e. The van der Waals surface area contributed by atoms with E-state index in [0.717, 1.165) is 6.42 Å². The van der Waals surface area contributed by atoms with Crippen LogP contribution in [0.25, 0.3) is 0 Å². The Morgan fingerprint density at radius 2 is 2.16 bits per heavy atom. The van der Waals surface area contributed by atoms with Gasteiger partial charge >= 0.3 is 0 Å². The van der Waals surface area contributed by atoms with E-state index < -0.39 is 0 Å². The first-order valence-corrected chi connectivity index (χ1v) is 7.31. The molecule has 0 unspecified atom stereocenters. The van der Waals surface area contributed by atoms with Crippen molar-refractivity contribution in [2.45, 2.75) is 26.2 Å². The van der Waals surface area contributed by atoms with Gasteiger partial charge in [-0.25, -0.2) is 0 Å². The summed E-state index contributed by atoms with van der Waals surface area (Å²) in [6.45, 7) is 3.15. The van der Waals surface area contributed by atoms with Gasteiger partial charge in [0.05, 0.1) is 4.88 Å². The van der Waals surface area contributed by atoms with Crippen LogP contribution in [0.15, 0.2) is 29.7 Å². The minimum Gasteiger partial charge on any atom is -0.356 e. The number of rotatable bonds is 8. The third-order valence-electron chi connectivity index (χ3n) is 2.48. The second-order valence-electron chi connectivity index (χ2n) is 4.04. The molecule has 1 rings (SSSR count). The zero-order valence-electron chi connectivity index (χ0n) is 11.1. The van der Waals surface area contributed by atoms with Crippen LogP contribution < -0.4 is 10.6 Å². The van der Waals surface area contributed by atoms with Crippen molar-refractivity contribution in [2.24, 2.45) is 0 Å². The number of nitrogens with one attached hydrogen (secondary N) is 2. The highest BCUT2D eigenvalue weighted by Gasteiger charge is 2.05. The zero-order valence-corrected chi connectivity index (χ0v) is 12.0. The molecule has 4 nitrogen and oxygen atoms in total. The minimum atomic E-state index is -0.0662. The minimum absolute atomic E-state index is 0.0369. The molecule has 0 aliphatic rings. The molecule has 0 aliphatic carbocycles. The van der Waals surface area contributed by atoms with Gasteiger partial charge in [-0.3, -0.25) is 9.59 Å². The fraction of sp³-hybridized carbons (Fsp3) is 0.429. The van der Waals surface area contributed by atoms with Crippen LogP contribution in [0.5, 0.6) is 0 Å². The van der Waals surface area contributed by atoms with Gasteiger partial charge in [-0.15, -0.1) is 11.3 Å². The van der Waals surface area contributed by atoms with Gasteiger partial charge in [0.25, 0.3) is 5.91 Å². The highest BCUT2D eigenvalue weighted by molar-refractivity contribution is 7.12. The summed E-state index contributed by atoms with van der Waals surface area (Å²) in [5.41, 5.74) is 0. The van der Waals surface area contributed by atoms with Gasteiger partial charge in [-0.1, -0.05) is 18.2 Å². The summed E-state index contributed by atoms with van der Waals surface area (Å²) in [4.78, 5) is 23.7. The van der Waals surface area contributed by atoms with Crippen LogP contribution in [-0.4, -0.2) is 24.9 Å². The number of thiophene rings is 1. The van der Waals surface area contributed by atoms with Gasteiger partial charge in [0.15, 0.2) is 0 Å². The Morgan fingerprint density at radius 1 is 1.32 bits per heavy atom. The molecule has 0 aliphatic heterocycles. The average molecular weight is 280 g/mol. The number of carbonyl (C=O) groups excluding carboxylic acids is 2. The summed E-state index contributed by atoms with van der Waals surface area (Å²) in [6.07, 6.45) is 5.94. The lowest BCUT2D eigenvalue weighted by Crippen LogP contribution is -2.27. The molecule has 0 saturated heterocycles. The summed E-state index contributed by atoms with van der Waals surface area (Å²) < 4.78 is 0. The summed E-state index contributed by atoms with van der Waals surface area (Å²) >= 11 is 1.41. The molecule has 104 valence electrons. The predicted octanol–water partition coefficient (Wildman–Crippen LogP) is 2.34. The van der Waals surface area contributed by atoms with E-state index in [0.29, 0.717) is 30.8 Å². The molecule has 0 radical (unpaired) electrons. The molecule has 0 aromatic carbocycles. The van der Waals surface area contributed by atoms with Crippen LogP contribution in [0.2, 0.25) is 0 Å². The van der Waals surface area contributed by atoms with Crippen LogP contribution in [0, 0.1) is 0 Å². The first-order chi connectivity index (χ1) is 9.24. The maximum atomic E-state index is 11.6. The molecule has 1 heterocycles. The van der Waals surface area contributed by atoms with Crippen LogP contribution in [0.1, 0.15) is 35.9 Å². The lowest BCUT2D eigenvalue weighted by molar-refractivity contribution is -0.121. The lowest BCUT2D eigenvalue weighted by atomic mass is 10.3. The number of carbonyl (C=O) groups is 2. The Bertz CT molecular complexity index is 413.